The monoisotopic (exact) mass is 244 g/mol. The zero-order valence-corrected chi connectivity index (χ0v) is 9.67. The standard InChI is InChI=1S/C13H9FN2S/c14-10-2-1-3-11-12(10)17-13(16-11)8-4-6-9(15)7-5-8/h1-7H,15H2. The molecule has 3 rings (SSSR count). The van der Waals surface area contributed by atoms with Crippen LogP contribution in [0.1, 0.15) is 0 Å². The number of anilines is 1. The minimum Gasteiger partial charge on any atom is -0.399 e. The molecule has 1 aromatic heterocycles. The molecule has 0 saturated heterocycles. The molecule has 0 radical (unpaired) electrons. The Hall–Kier alpha value is -1.94. The molecule has 2 N–H and O–H groups in total. The van der Waals surface area contributed by atoms with Gasteiger partial charge in [-0.25, -0.2) is 9.37 Å². The summed E-state index contributed by atoms with van der Waals surface area (Å²) in [7, 11) is 0. The number of aromatic nitrogens is 1. The fraction of sp³-hybridized carbons (Fsp3) is 0. The molecule has 3 aromatic rings. The second kappa shape index (κ2) is 3.82. The molecular weight excluding hydrogens is 235 g/mol. The maximum absolute atomic E-state index is 13.5. The van der Waals surface area contributed by atoms with Crippen molar-refractivity contribution in [2.45, 2.75) is 0 Å². The summed E-state index contributed by atoms with van der Waals surface area (Å²) in [4.78, 5) is 4.41. The number of benzene rings is 2. The molecule has 0 spiro atoms. The molecule has 17 heavy (non-hydrogen) atoms. The van der Waals surface area contributed by atoms with Gasteiger partial charge in [-0.3, -0.25) is 0 Å². The lowest BCUT2D eigenvalue weighted by Crippen LogP contribution is -1.83. The predicted molar refractivity (Wildman–Crippen MR) is 69.4 cm³/mol. The number of nitrogens with zero attached hydrogens (tertiary/aromatic N) is 1. The average molecular weight is 244 g/mol. The summed E-state index contributed by atoms with van der Waals surface area (Å²) >= 11 is 1.36. The number of fused-ring (bicyclic) bond motifs is 1. The van der Waals surface area contributed by atoms with Crippen LogP contribution < -0.4 is 5.73 Å². The van der Waals surface area contributed by atoms with Crippen molar-refractivity contribution in [3.8, 4) is 10.6 Å². The molecule has 0 atom stereocenters. The molecule has 1 heterocycles. The quantitative estimate of drug-likeness (QED) is 0.663. The molecule has 0 saturated carbocycles. The molecule has 0 bridgehead atoms. The van der Waals surface area contributed by atoms with Gasteiger partial charge in [-0.2, -0.15) is 0 Å². The Morgan fingerprint density at radius 1 is 1.06 bits per heavy atom. The van der Waals surface area contributed by atoms with Crippen molar-refractivity contribution >= 4 is 27.2 Å². The average Bonchev–Trinajstić information content (AvgIpc) is 2.75. The third-order valence-electron chi connectivity index (χ3n) is 2.52. The van der Waals surface area contributed by atoms with Gasteiger partial charge in [0.1, 0.15) is 10.8 Å². The molecule has 0 amide bonds. The lowest BCUT2D eigenvalue weighted by atomic mass is 10.2. The van der Waals surface area contributed by atoms with E-state index in [0.29, 0.717) is 15.9 Å². The van der Waals surface area contributed by atoms with Crippen LogP contribution in [0.4, 0.5) is 10.1 Å². The molecule has 0 aliphatic heterocycles. The topological polar surface area (TPSA) is 38.9 Å². The third kappa shape index (κ3) is 1.76. The first-order chi connectivity index (χ1) is 8.24. The van der Waals surface area contributed by atoms with Gasteiger partial charge in [-0.15, -0.1) is 11.3 Å². The Balaban J connectivity index is 2.18. The maximum atomic E-state index is 13.5. The van der Waals surface area contributed by atoms with Gasteiger partial charge >= 0.3 is 0 Å². The highest BCUT2D eigenvalue weighted by atomic mass is 32.1. The van der Waals surface area contributed by atoms with E-state index in [-0.39, 0.29) is 5.82 Å². The normalized spacial score (nSPS) is 10.9. The van der Waals surface area contributed by atoms with Crippen LogP contribution in [-0.2, 0) is 0 Å². The Kier molecular flexibility index (Phi) is 2.30. The Morgan fingerprint density at radius 3 is 2.53 bits per heavy atom. The van der Waals surface area contributed by atoms with E-state index in [9.17, 15) is 4.39 Å². The summed E-state index contributed by atoms with van der Waals surface area (Å²) in [5, 5.41) is 0.810. The summed E-state index contributed by atoms with van der Waals surface area (Å²) in [5.41, 5.74) is 7.99. The first kappa shape index (κ1) is 10.2. The van der Waals surface area contributed by atoms with Crippen molar-refractivity contribution in [2.75, 3.05) is 5.73 Å². The van der Waals surface area contributed by atoms with Gasteiger partial charge in [0.05, 0.1) is 10.2 Å². The molecule has 2 nitrogen and oxygen atoms in total. The zero-order chi connectivity index (χ0) is 11.8. The van der Waals surface area contributed by atoms with Gasteiger partial charge < -0.3 is 5.73 Å². The maximum Gasteiger partial charge on any atom is 0.142 e. The number of hydrogen-bond donors (Lipinski definition) is 1. The van der Waals surface area contributed by atoms with Crippen LogP contribution in [0.25, 0.3) is 20.8 Å². The van der Waals surface area contributed by atoms with Crippen LogP contribution in [0, 0.1) is 5.82 Å². The highest BCUT2D eigenvalue weighted by Gasteiger charge is 2.08. The van der Waals surface area contributed by atoms with Gasteiger partial charge in [0, 0.05) is 11.3 Å². The summed E-state index contributed by atoms with van der Waals surface area (Å²) in [5.74, 6) is -0.221. The number of rotatable bonds is 1. The van der Waals surface area contributed by atoms with Crippen LogP contribution in [0.2, 0.25) is 0 Å². The van der Waals surface area contributed by atoms with Crippen LogP contribution >= 0.6 is 11.3 Å². The van der Waals surface area contributed by atoms with Crippen molar-refractivity contribution in [2.24, 2.45) is 0 Å². The highest BCUT2D eigenvalue weighted by Crippen LogP contribution is 2.31. The van der Waals surface area contributed by atoms with Gasteiger partial charge in [-0.05, 0) is 36.4 Å². The molecule has 84 valence electrons. The van der Waals surface area contributed by atoms with E-state index in [1.807, 2.05) is 30.3 Å². The number of halogens is 1. The SMILES string of the molecule is Nc1ccc(-c2nc3cccc(F)c3s2)cc1. The number of hydrogen-bond acceptors (Lipinski definition) is 3. The molecule has 0 unspecified atom stereocenters. The predicted octanol–water partition coefficient (Wildman–Crippen LogP) is 3.68. The van der Waals surface area contributed by atoms with E-state index in [1.54, 1.807) is 6.07 Å². The fourth-order valence-corrected chi connectivity index (χ4v) is 2.64. The number of thiazole rings is 1. The van der Waals surface area contributed by atoms with E-state index >= 15 is 0 Å². The second-order valence-electron chi connectivity index (χ2n) is 3.73. The Bertz CT molecular complexity index is 673. The van der Waals surface area contributed by atoms with Crippen molar-refractivity contribution in [1.29, 1.82) is 0 Å². The van der Waals surface area contributed by atoms with Crippen LogP contribution in [-0.4, -0.2) is 4.98 Å². The van der Waals surface area contributed by atoms with Crippen molar-refractivity contribution in [1.82, 2.24) is 4.98 Å². The van der Waals surface area contributed by atoms with Gasteiger partial charge in [0.15, 0.2) is 0 Å². The summed E-state index contributed by atoms with van der Waals surface area (Å²) in [6, 6.07) is 12.4. The molecule has 0 aliphatic carbocycles. The van der Waals surface area contributed by atoms with Crippen molar-refractivity contribution < 1.29 is 4.39 Å². The zero-order valence-electron chi connectivity index (χ0n) is 8.85. The number of nitrogen functional groups attached to an aromatic ring is 1. The summed E-state index contributed by atoms with van der Waals surface area (Å²) in [6.07, 6.45) is 0. The Labute approximate surface area is 102 Å². The van der Waals surface area contributed by atoms with Crippen LogP contribution in [0.15, 0.2) is 42.5 Å². The first-order valence-electron chi connectivity index (χ1n) is 5.15. The van der Waals surface area contributed by atoms with Crippen molar-refractivity contribution in [3.05, 3.63) is 48.3 Å². The lowest BCUT2D eigenvalue weighted by molar-refractivity contribution is 0.641. The van der Waals surface area contributed by atoms with Gasteiger partial charge in [0.2, 0.25) is 0 Å². The van der Waals surface area contributed by atoms with E-state index in [2.05, 4.69) is 4.98 Å². The lowest BCUT2D eigenvalue weighted by Gasteiger charge is -1.95. The fourth-order valence-electron chi connectivity index (χ4n) is 1.66. The molecular formula is C13H9FN2S. The summed E-state index contributed by atoms with van der Waals surface area (Å²) in [6.45, 7) is 0. The van der Waals surface area contributed by atoms with E-state index in [0.717, 1.165) is 10.6 Å². The van der Waals surface area contributed by atoms with Gasteiger partial charge in [-0.1, -0.05) is 6.07 Å². The van der Waals surface area contributed by atoms with E-state index < -0.39 is 0 Å². The minimum atomic E-state index is -0.221. The second-order valence-corrected chi connectivity index (χ2v) is 4.73. The van der Waals surface area contributed by atoms with Crippen molar-refractivity contribution in [3.63, 3.8) is 0 Å². The highest BCUT2D eigenvalue weighted by molar-refractivity contribution is 7.21. The third-order valence-corrected chi connectivity index (χ3v) is 3.65. The van der Waals surface area contributed by atoms with E-state index in [1.165, 1.54) is 17.4 Å². The molecule has 2 aromatic carbocycles. The van der Waals surface area contributed by atoms with E-state index in [4.69, 9.17) is 5.73 Å². The van der Waals surface area contributed by atoms with Gasteiger partial charge in [0.25, 0.3) is 0 Å². The minimum absolute atomic E-state index is 0.221. The molecule has 0 aliphatic rings. The Morgan fingerprint density at radius 2 is 1.82 bits per heavy atom. The molecule has 0 fully saturated rings. The van der Waals surface area contributed by atoms with Crippen LogP contribution in [0.5, 0.6) is 0 Å². The first-order valence-corrected chi connectivity index (χ1v) is 5.96. The molecule has 4 heteroatoms. The van der Waals surface area contributed by atoms with Crippen LogP contribution in [0.3, 0.4) is 0 Å². The largest absolute Gasteiger partial charge is 0.399 e. The number of nitrogens with two attached hydrogens (primary N) is 1. The summed E-state index contributed by atoms with van der Waals surface area (Å²) < 4.78 is 14.1. The smallest absolute Gasteiger partial charge is 0.142 e.